The van der Waals surface area contributed by atoms with Crippen molar-refractivity contribution in [3.63, 3.8) is 0 Å². The number of Topliss-reactive ketones (excluding diaryl/α,β-unsaturated/α-hetero) is 1. The fourth-order valence-corrected chi connectivity index (χ4v) is 3.21. The Bertz CT molecular complexity index is 1190. The minimum absolute atomic E-state index is 0.0844. The van der Waals surface area contributed by atoms with E-state index >= 15 is 0 Å². The van der Waals surface area contributed by atoms with Crippen molar-refractivity contribution in [2.75, 3.05) is 6.61 Å². The maximum atomic E-state index is 12.3. The Morgan fingerprint density at radius 2 is 1.61 bits per heavy atom. The van der Waals surface area contributed by atoms with Gasteiger partial charge in [-0.25, -0.2) is 4.79 Å². The number of ketones is 1. The van der Waals surface area contributed by atoms with Gasteiger partial charge in [-0.2, -0.15) is 0 Å². The molecular formula is C24H18O4. The second-order valence-electron chi connectivity index (χ2n) is 6.49. The van der Waals surface area contributed by atoms with E-state index in [1.807, 2.05) is 67.6 Å². The standard InChI is InChI=1S/C24H18O4/c1-16-22(27-15-21(25)18-10-6-3-7-11-18)13-12-19-20(14-23(26)28-24(16)19)17-8-4-2-5-9-17/h2-14H,15H2,1H3. The van der Waals surface area contributed by atoms with Crippen LogP contribution in [-0.4, -0.2) is 12.4 Å². The van der Waals surface area contributed by atoms with Gasteiger partial charge in [0.25, 0.3) is 0 Å². The lowest BCUT2D eigenvalue weighted by Gasteiger charge is -2.12. The molecule has 138 valence electrons. The van der Waals surface area contributed by atoms with Crippen LogP contribution >= 0.6 is 0 Å². The highest BCUT2D eigenvalue weighted by Crippen LogP contribution is 2.33. The Morgan fingerprint density at radius 3 is 2.32 bits per heavy atom. The Labute approximate surface area is 162 Å². The van der Waals surface area contributed by atoms with Gasteiger partial charge in [-0.3, -0.25) is 4.79 Å². The van der Waals surface area contributed by atoms with Crippen LogP contribution < -0.4 is 10.4 Å². The predicted octanol–water partition coefficient (Wildman–Crippen LogP) is 5.03. The lowest BCUT2D eigenvalue weighted by molar-refractivity contribution is 0.0921. The van der Waals surface area contributed by atoms with Gasteiger partial charge in [-0.1, -0.05) is 60.7 Å². The molecule has 0 amide bonds. The van der Waals surface area contributed by atoms with Crippen molar-refractivity contribution < 1.29 is 13.9 Å². The van der Waals surface area contributed by atoms with Crippen LogP contribution in [0.3, 0.4) is 0 Å². The van der Waals surface area contributed by atoms with E-state index in [1.54, 1.807) is 12.1 Å². The molecule has 1 aromatic heterocycles. The van der Waals surface area contributed by atoms with Gasteiger partial charge in [0.2, 0.25) is 0 Å². The Morgan fingerprint density at radius 1 is 0.929 bits per heavy atom. The van der Waals surface area contributed by atoms with Crippen molar-refractivity contribution in [3.8, 4) is 16.9 Å². The number of ether oxygens (including phenoxy) is 1. The number of aryl methyl sites for hydroxylation is 1. The van der Waals surface area contributed by atoms with Gasteiger partial charge in [0.15, 0.2) is 12.4 Å². The summed E-state index contributed by atoms with van der Waals surface area (Å²) in [6.45, 7) is 1.74. The summed E-state index contributed by atoms with van der Waals surface area (Å²) in [6, 6.07) is 23.8. The summed E-state index contributed by atoms with van der Waals surface area (Å²) >= 11 is 0. The van der Waals surface area contributed by atoms with Crippen LogP contribution in [-0.2, 0) is 0 Å². The number of hydrogen-bond acceptors (Lipinski definition) is 4. The fourth-order valence-electron chi connectivity index (χ4n) is 3.21. The van der Waals surface area contributed by atoms with Gasteiger partial charge < -0.3 is 9.15 Å². The molecule has 0 spiro atoms. The van der Waals surface area contributed by atoms with Crippen LogP contribution in [0.15, 0.2) is 88.1 Å². The van der Waals surface area contributed by atoms with Gasteiger partial charge in [-0.15, -0.1) is 0 Å². The maximum Gasteiger partial charge on any atom is 0.336 e. The number of carbonyl (C=O) groups is 1. The molecule has 0 aliphatic carbocycles. The van der Waals surface area contributed by atoms with Crippen molar-refractivity contribution in [1.82, 2.24) is 0 Å². The second-order valence-corrected chi connectivity index (χ2v) is 6.49. The average molecular weight is 370 g/mol. The minimum Gasteiger partial charge on any atom is -0.485 e. The van der Waals surface area contributed by atoms with Crippen molar-refractivity contribution in [2.24, 2.45) is 0 Å². The van der Waals surface area contributed by atoms with Gasteiger partial charge in [0, 0.05) is 22.6 Å². The molecule has 4 rings (SSSR count). The van der Waals surface area contributed by atoms with Gasteiger partial charge in [-0.05, 0) is 30.2 Å². The van der Waals surface area contributed by atoms with Crippen molar-refractivity contribution in [1.29, 1.82) is 0 Å². The van der Waals surface area contributed by atoms with E-state index in [4.69, 9.17) is 9.15 Å². The van der Waals surface area contributed by atoms with E-state index in [0.717, 1.165) is 16.5 Å². The predicted molar refractivity (Wildman–Crippen MR) is 109 cm³/mol. The largest absolute Gasteiger partial charge is 0.485 e. The molecule has 0 atom stereocenters. The topological polar surface area (TPSA) is 56.5 Å². The van der Waals surface area contributed by atoms with Crippen molar-refractivity contribution >= 4 is 16.8 Å². The van der Waals surface area contributed by atoms with Crippen LogP contribution in [0.4, 0.5) is 0 Å². The lowest BCUT2D eigenvalue weighted by atomic mass is 10.0. The SMILES string of the molecule is Cc1c(OCC(=O)c2ccccc2)ccc2c(-c3ccccc3)cc(=O)oc12. The summed E-state index contributed by atoms with van der Waals surface area (Å²) in [4.78, 5) is 24.4. The molecule has 0 aliphatic heterocycles. The summed E-state index contributed by atoms with van der Waals surface area (Å²) in [5.74, 6) is 0.407. The smallest absolute Gasteiger partial charge is 0.336 e. The molecule has 0 N–H and O–H groups in total. The molecule has 0 fully saturated rings. The molecule has 0 unspecified atom stereocenters. The first-order chi connectivity index (χ1) is 13.6. The van der Waals surface area contributed by atoms with Gasteiger partial charge in [0.05, 0.1) is 0 Å². The first kappa shape index (κ1) is 17.7. The molecule has 0 radical (unpaired) electrons. The molecule has 0 saturated heterocycles. The highest BCUT2D eigenvalue weighted by molar-refractivity contribution is 5.98. The van der Waals surface area contributed by atoms with E-state index < -0.39 is 5.63 Å². The third-order valence-corrected chi connectivity index (χ3v) is 4.65. The van der Waals surface area contributed by atoms with Crippen LogP contribution in [0.1, 0.15) is 15.9 Å². The zero-order valence-corrected chi connectivity index (χ0v) is 15.3. The monoisotopic (exact) mass is 370 g/mol. The number of fused-ring (bicyclic) bond motifs is 1. The van der Waals surface area contributed by atoms with Crippen LogP contribution in [0, 0.1) is 6.92 Å². The first-order valence-electron chi connectivity index (χ1n) is 8.97. The first-order valence-corrected chi connectivity index (χ1v) is 8.97. The molecule has 0 bridgehead atoms. The fraction of sp³-hybridized carbons (Fsp3) is 0.0833. The van der Waals surface area contributed by atoms with Crippen molar-refractivity contribution in [3.05, 3.63) is 100 Å². The normalized spacial score (nSPS) is 10.8. The molecule has 4 heteroatoms. The van der Waals surface area contributed by atoms with Gasteiger partial charge >= 0.3 is 5.63 Å². The molecule has 4 nitrogen and oxygen atoms in total. The summed E-state index contributed by atoms with van der Waals surface area (Å²) in [5.41, 5.74) is 3.07. The maximum absolute atomic E-state index is 12.3. The molecular weight excluding hydrogens is 352 g/mol. The molecule has 0 aliphatic rings. The van der Waals surface area contributed by atoms with Crippen LogP contribution in [0.25, 0.3) is 22.1 Å². The highest BCUT2D eigenvalue weighted by Gasteiger charge is 2.14. The average Bonchev–Trinajstić information content (AvgIpc) is 2.74. The number of carbonyl (C=O) groups excluding carboxylic acids is 1. The van der Waals surface area contributed by atoms with Crippen LogP contribution in [0.5, 0.6) is 5.75 Å². The summed E-state index contributed by atoms with van der Waals surface area (Å²) in [6.07, 6.45) is 0. The Hall–Kier alpha value is -3.66. The van der Waals surface area contributed by atoms with Gasteiger partial charge in [0.1, 0.15) is 11.3 Å². The minimum atomic E-state index is -0.424. The number of benzene rings is 3. The Balaban J connectivity index is 1.69. The van der Waals surface area contributed by atoms with Crippen molar-refractivity contribution in [2.45, 2.75) is 6.92 Å². The third kappa shape index (κ3) is 3.45. The molecule has 28 heavy (non-hydrogen) atoms. The zero-order chi connectivity index (χ0) is 19.5. The number of rotatable bonds is 5. The highest BCUT2D eigenvalue weighted by atomic mass is 16.5. The van der Waals surface area contributed by atoms with E-state index in [1.165, 1.54) is 6.07 Å². The Kier molecular flexibility index (Phi) is 4.77. The summed E-state index contributed by atoms with van der Waals surface area (Å²) in [7, 11) is 0. The van der Waals surface area contributed by atoms with E-state index in [2.05, 4.69) is 0 Å². The molecule has 1 heterocycles. The van der Waals surface area contributed by atoms with Crippen LogP contribution in [0.2, 0.25) is 0 Å². The number of hydrogen-bond donors (Lipinski definition) is 0. The van der Waals surface area contributed by atoms with E-state index in [9.17, 15) is 9.59 Å². The summed E-state index contributed by atoms with van der Waals surface area (Å²) in [5, 5.41) is 0.824. The molecule has 0 saturated carbocycles. The molecule has 3 aromatic carbocycles. The summed E-state index contributed by atoms with van der Waals surface area (Å²) < 4.78 is 11.2. The zero-order valence-electron chi connectivity index (χ0n) is 15.3. The third-order valence-electron chi connectivity index (χ3n) is 4.65. The quantitative estimate of drug-likeness (QED) is 0.365. The molecule has 4 aromatic rings. The van der Waals surface area contributed by atoms with E-state index in [0.29, 0.717) is 22.5 Å². The van der Waals surface area contributed by atoms with E-state index in [-0.39, 0.29) is 12.4 Å². The second kappa shape index (κ2) is 7.53. The lowest BCUT2D eigenvalue weighted by Crippen LogP contribution is -2.12.